The van der Waals surface area contributed by atoms with E-state index in [1.165, 1.54) is 0 Å². The van der Waals surface area contributed by atoms with Crippen molar-refractivity contribution < 1.29 is 0 Å². The molecular formula is C24H32Cl2N10. The third kappa shape index (κ3) is 9.27. The molecule has 2 aromatic rings. The van der Waals surface area contributed by atoms with Crippen molar-refractivity contribution in [3.05, 3.63) is 58.6 Å². The number of nitrogens with one attached hydrogen (secondary N) is 8. The predicted molar refractivity (Wildman–Crippen MR) is 150 cm³/mol. The fraction of sp³-hybridized carbons (Fsp3) is 0.333. The highest BCUT2D eigenvalue weighted by atomic mass is 35.5. The fourth-order valence-corrected chi connectivity index (χ4v) is 3.70. The fourth-order valence-electron chi connectivity index (χ4n) is 3.45. The molecule has 0 unspecified atom stereocenters. The molecule has 0 saturated carbocycles. The third-order valence-electron chi connectivity index (χ3n) is 5.27. The molecule has 8 N–H and O–H groups in total. The van der Waals surface area contributed by atoms with Crippen molar-refractivity contribution in [3.8, 4) is 0 Å². The lowest BCUT2D eigenvalue weighted by molar-refractivity contribution is 0.596. The van der Waals surface area contributed by atoms with Crippen LogP contribution in [0.2, 0.25) is 10.0 Å². The number of nitrogens with zero attached hydrogens (tertiary/aromatic N) is 2. The summed E-state index contributed by atoms with van der Waals surface area (Å²) in [5.41, 5.74) is 1.53. The maximum Gasteiger partial charge on any atom is 0.202 e. The lowest BCUT2D eigenvalue weighted by atomic mass is 10.2. The summed E-state index contributed by atoms with van der Waals surface area (Å²) < 4.78 is 0. The van der Waals surface area contributed by atoms with Crippen LogP contribution in [0.25, 0.3) is 0 Å². The first-order valence-corrected chi connectivity index (χ1v) is 12.5. The van der Waals surface area contributed by atoms with Gasteiger partial charge in [-0.2, -0.15) is 0 Å². The number of rotatable bonds is 9. The van der Waals surface area contributed by atoms with Gasteiger partial charge in [-0.3, -0.25) is 31.4 Å². The van der Waals surface area contributed by atoms with Crippen molar-refractivity contribution in [1.29, 1.82) is 16.2 Å². The van der Waals surface area contributed by atoms with Gasteiger partial charge in [-0.15, -0.1) is 0 Å². The maximum absolute atomic E-state index is 8.35. The number of benzene rings is 2. The van der Waals surface area contributed by atoms with Gasteiger partial charge in [0.25, 0.3) is 0 Å². The van der Waals surface area contributed by atoms with Crippen LogP contribution in [0.15, 0.2) is 53.5 Å². The predicted octanol–water partition coefficient (Wildman–Crippen LogP) is 4.32. The molecule has 1 heterocycles. The van der Waals surface area contributed by atoms with Gasteiger partial charge in [-0.1, -0.05) is 36.0 Å². The van der Waals surface area contributed by atoms with E-state index >= 15 is 0 Å². The second kappa shape index (κ2) is 14.2. The second-order valence-electron chi connectivity index (χ2n) is 8.11. The zero-order valence-corrected chi connectivity index (χ0v) is 21.4. The van der Waals surface area contributed by atoms with E-state index in [4.69, 9.17) is 39.4 Å². The van der Waals surface area contributed by atoms with Gasteiger partial charge in [0.05, 0.1) is 6.54 Å². The van der Waals surface area contributed by atoms with E-state index in [1.54, 1.807) is 36.4 Å². The van der Waals surface area contributed by atoms with Crippen molar-refractivity contribution in [3.63, 3.8) is 0 Å². The van der Waals surface area contributed by atoms with E-state index < -0.39 is 0 Å². The molecule has 192 valence electrons. The molecule has 12 heteroatoms. The van der Waals surface area contributed by atoms with Crippen LogP contribution in [0.3, 0.4) is 0 Å². The van der Waals surface area contributed by atoms with E-state index in [-0.39, 0.29) is 17.9 Å². The second-order valence-corrected chi connectivity index (χ2v) is 8.98. The number of guanidine groups is 4. The molecule has 3 rings (SSSR count). The Balaban J connectivity index is 1.22. The first-order valence-electron chi connectivity index (χ1n) is 11.8. The lowest BCUT2D eigenvalue weighted by Crippen LogP contribution is -2.45. The number of aliphatic imine (C=N–C) groups is 1. The van der Waals surface area contributed by atoms with Crippen LogP contribution in [0.1, 0.15) is 25.7 Å². The van der Waals surface area contributed by atoms with Crippen LogP contribution in [0, 0.1) is 16.2 Å². The van der Waals surface area contributed by atoms with Crippen molar-refractivity contribution >= 4 is 58.4 Å². The number of unbranched alkanes of at least 4 members (excludes halogenated alkanes) is 3. The molecule has 0 fully saturated rings. The lowest BCUT2D eigenvalue weighted by Gasteiger charge is -2.22. The Morgan fingerprint density at radius 1 is 0.778 bits per heavy atom. The van der Waals surface area contributed by atoms with Gasteiger partial charge in [-0.05, 0) is 61.4 Å². The van der Waals surface area contributed by atoms with Crippen molar-refractivity contribution in [2.75, 3.05) is 36.8 Å². The molecule has 0 atom stereocenters. The van der Waals surface area contributed by atoms with Gasteiger partial charge < -0.3 is 21.3 Å². The summed E-state index contributed by atoms with van der Waals surface area (Å²) in [7, 11) is 0. The molecule has 0 amide bonds. The standard InChI is InChI=1S/C24H32Cl2N10/c25-17-5-9-19(10-6-17)33-22(28)35-21(27)30-13-3-1-2-4-14-31-24-32-15-16-36(24)23(29)34-20-11-7-18(26)8-12-20/h5-12H,1-4,13-16H2,(H2,29,34)(H,31,32)(H5,27,28,30,33,35). The Morgan fingerprint density at radius 3 is 2.00 bits per heavy atom. The molecule has 0 radical (unpaired) electrons. The van der Waals surface area contributed by atoms with Crippen LogP contribution in [-0.2, 0) is 0 Å². The van der Waals surface area contributed by atoms with Gasteiger partial charge >= 0.3 is 0 Å². The normalized spacial score (nSPS) is 12.5. The first kappa shape index (κ1) is 27.1. The largest absolute Gasteiger partial charge is 0.356 e. The average Bonchev–Trinajstić information content (AvgIpc) is 3.32. The zero-order valence-electron chi connectivity index (χ0n) is 19.9. The Labute approximate surface area is 221 Å². The summed E-state index contributed by atoms with van der Waals surface area (Å²) in [5.74, 6) is 1.09. The SMILES string of the molecule is N=C(NCCCCCCNC1=NCCN1C(=N)Nc1ccc(Cl)cc1)NC(=N)Nc1ccc(Cl)cc1. The van der Waals surface area contributed by atoms with E-state index in [1.807, 2.05) is 17.0 Å². The molecule has 0 aromatic heterocycles. The molecule has 10 nitrogen and oxygen atoms in total. The smallest absolute Gasteiger partial charge is 0.202 e. The van der Waals surface area contributed by atoms with Crippen LogP contribution in [-0.4, -0.2) is 54.9 Å². The highest BCUT2D eigenvalue weighted by Crippen LogP contribution is 2.15. The monoisotopic (exact) mass is 530 g/mol. The van der Waals surface area contributed by atoms with Gasteiger partial charge in [0.15, 0.2) is 11.9 Å². The Bertz CT molecular complexity index is 1050. The van der Waals surface area contributed by atoms with Crippen molar-refractivity contribution in [1.82, 2.24) is 20.9 Å². The highest BCUT2D eigenvalue weighted by Gasteiger charge is 2.20. The van der Waals surface area contributed by atoms with Gasteiger partial charge in [0.2, 0.25) is 11.9 Å². The quantitative estimate of drug-likeness (QED) is 0.137. The molecule has 1 aliphatic rings. The Hall–Kier alpha value is -3.50. The van der Waals surface area contributed by atoms with Gasteiger partial charge in [-0.25, -0.2) is 0 Å². The summed E-state index contributed by atoms with van der Waals surface area (Å²) in [4.78, 5) is 6.30. The topological polar surface area (TPSA) is 147 Å². The van der Waals surface area contributed by atoms with E-state index in [2.05, 4.69) is 31.6 Å². The summed E-state index contributed by atoms with van der Waals surface area (Å²) in [6.07, 6.45) is 3.96. The van der Waals surface area contributed by atoms with Gasteiger partial charge in [0, 0.05) is 41.1 Å². The molecule has 0 saturated heterocycles. The van der Waals surface area contributed by atoms with Crippen LogP contribution < -0.4 is 26.6 Å². The van der Waals surface area contributed by atoms with E-state index in [0.717, 1.165) is 49.6 Å². The maximum atomic E-state index is 8.35. The number of hydrogen-bond donors (Lipinski definition) is 8. The summed E-state index contributed by atoms with van der Waals surface area (Å²) in [6, 6.07) is 14.3. The first-order chi connectivity index (χ1) is 17.4. The average molecular weight is 531 g/mol. The molecule has 0 bridgehead atoms. The van der Waals surface area contributed by atoms with Crippen LogP contribution in [0.5, 0.6) is 0 Å². The Morgan fingerprint density at radius 2 is 1.36 bits per heavy atom. The summed E-state index contributed by atoms with van der Waals surface area (Å²) >= 11 is 11.8. The third-order valence-corrected chi connectivity index (χ3v) is 5.77. The number of halogens is 2. The van der Waals surface area contributed by atoms with Crippen LogP contribution in [0.4, 0.5) is 11.4 Å². The number of anilines is 2. The van der Waals surface area contributed by atoms with E-state index in [9.17, 15) is 0 Å². The van der Waals surface area contributed by atoms with E-state index in [0.29, 0.717) is 29.7 Å². The minimum absolute atomic E-state index is 0.0150. The van der Waals surface area contributed by atoms with Crippen molar-refractivity contribution in [2.24, 2.45) is 4.99 Å². The highest BCUT2D eigenvalue weighted by molar-refractivity contribution is 6.31. The number of hydrogen-bond acceptors (Lipinski definition) is 5. The minimum atomic E-state index is 0.0150. The summed E-state index contributed by atoms with van der Waals surface area (Å²) in [5, 5.41) is 40.4. The van der Waals surface area contributed by atoms with Crippen molar-refractivity contribution in [2.45, 2.75) is 25.7 Å². The molecule has 0 spiro atoms. The molecule has 36 heavy (non-hydrogen) atoms. The zero-order chi connectivity index (χ0) is 25.8. The molecule has 1 aliphatic heterocycles. The Kier molecular flexibility index (Phi) is 10.7. The molecule has 2 aromatic carbocycles. The minimum Gasteiger partial charge on any atom is -0.356 e. The summed E-state index contributed by atoms with van der Waals surface area (Å²) in [6.45, 7) is 2.76. The molecular weight excluding hydrogens is 499 g/mol. The van der Waals surface area contributed by atoms with Crippen LogP contribution >= 0.6 is 23.2 Å². The molecule has 0 aliphatic carbocycles. The van der Waals surface area contributed by atoms with Gasteiger partial charge in [0.1, 0.15) is 0 Å².